The van der Waals surface area contributed by atoms with Crippen molar-refractivity contribution in [2.45, 2.75) is 44.6 Å². The summed E-state index contributed by atoms with van der Waals surface area (Å²) in [6.45, 7) is 5.45. The molecule has 1 N–H and O–H groups in total. The number of hydrogen-bond donors (Lipinski definition) is 1. The monoisotopic (exact) mass is 337 g/mol. The molecule has 0 saturated carbocycles. The van der Waals surface area contributed by atoms with Crippen LogP contribution in [0.5, 0.6) is 0 Å². The van der Waals surface area contributed by atoms with Crippen LogP contribution in [0.1, 0.15) is 48.9 Å². The fraction of sp³-hybridized carbons (Fsp3) is 0.409. The molecular formula is C22H27NO2. The second-order valence-corrected chi connectivity index (χ2v) is 6.91. The number of carbonyl (C=O) groups is 1. The van der Waals surface area contributed by atoms with Crippen LogP contribution >= 0.6 is 0 Å². The molecule has 0 aliphatic carbocycles. The van der Waals surface area contributed by atoms with Gasteiger partial charge in [-0.25, -0.2) is 0 Å². The zero-order chi connectivity index (χ0) is 17.7. The van der Waals surface area contributed by atoms with Gasteiger partial charge in [0.1, 0.15) is 0 Å². The molecule has 3 rings (SSSR count). The van der Waals surface area contributed by atoms with Crippen molar-refractivity contribution in [3.63, 3.8) is 0 Å². The molecule has 0 spiro atoms. The maximum Gasteiger partial charge on any atom is 0.231 e. The van der Waals surface area contributed by atoms with Crippen molar-refractivity contribution in [2.24, 2.45) is 0 Å². The normalized spacial score (nSPS) is 17.7. The molecule has 1 aliphatic rings. The lowest BCUT2D eigenvalue weighted by Crippen LogP contribution is -2.48. The standard InChI is InChI=1S/C22H27NO2/c1-3-20(18-11-9-17(2)10-12-18)23-21(24)22(13-15-25-16-14-22)19-7-5-4-6-8-19/h4-12,20H,3,13-16H2,1-2H3,(H,23,24)/t20-/m0/s1. The van der Waals surface area contributed by atoms with E-state index in [1.54, 1.807) is 0 Å². The second kappa shape index (κ2) is 7.83. The smallest absolute Gasteiger partial charge is 0.231 e. The van der Waals surface area contributed by atoms with Gasteiger partial charge in [-0.3, -0.25) is 4.79 Å². The lowest BCUT2D eigenvalue weighted by molar-refractivity contribution is -0.131. The Morgan fingerprint density at radius 3 is 2.32 bits per heavy atom. The minimum absolute atomic E-state index is 0.0385. The van der Waals surface area contributed by atoms with E-state index in [1.807, 2.05) is 18.2 Å². The van der Waals surface area contributed by atoms with Crippen LogP contribution in [0.15, 0.2) is 54.6 Å². The summed E-state index contributed by atoms with van der Waals surface area (Å²) in [6, 6.07) is 18.6. The van der Waals surface area contributed by atoms with Crippen LogP contribution in [-0.4, -0.2) is 19.1 Å². The van der Waals surface area contributed by atoms with Crippen LogP contribution in [0.25, 0.3) is 0 Å². The minimum atomic E-state index is -0.488. The Morgan fingerprint density at radius 1 is 1.08 bits per heavy atom. The molecule has 3 nitrogen and oxygen atoms in total. The van der Waals surface area contributed by atoms with Crippen LogP contribution in [-0.2, 0) is 14.9 Å². The number of ether oxygens (including phenoxy) is 1. The molecule has 0 bridgehead atoms. The average molecular weight is 337 g/mol. The first-order valence-electron chi connectivity index (χ1n) is 9.16. The Hall–Kier alpha value is -2.13. The van der Waals surface area contributed by atoms with E-state index in [1.165, 1.54) is 5.56 Å². The summed E-state index contributed by atoms with van der Waals surface area (Å²) < 4.78 is 5.55. The lowest BCUT2D eigenvalue weighted by Gasteiger charge is -2.37. The fourth-order valence-corrected chi connectivity index (χ4v) is 3.64. The van der Waals surface area contributed by atoms with E-state index in [0.29, 0.717) is 13.2 Å². The summed E-state index contributed by atoms with van der Waals surface area (Å²) in [5, 5.41) is 3.32. The summed E-state index contributed by atoms with van der Waals surface area (Å²) in [6.07, 6.45) is 2.33. The fourth-order valence-electron chi connectivity index (χ4n) is 3.64. The van der Waals surface area contributed by atoms with Gasteiger partial charge in [-0.2, -0.15) is 0 Å². The van der Waals surface area contributed by atoms with Gasteiger partial charge in [0.25, 0.3) is 0 Å². The van der Waals surface area contributed by atoms with Crippen LogP contribution in [0.4, 0.5) is 0 Å². The van der Waals surface area contributed by atoms with Gasteiger partial charge in [0, 0.05) is 13.2 Å². The van der Waals surface area contributed by atoms with E-state index in [-0.39, 0.29) is 11.9 Å². The Labute approximate surface area is 150 Å². The van der Waals surface area contributed by atoms with E-state index in [4.69, 9.17) is 4.74 Å². The van der Waals surface area contributed by atoms with Crippen molar-refractivity contribution < 1.29 is 9.53 Å². The Bertz CT molecular complexity index is 688. The van der Waals surface area contributed by atoms with Gasteiger partial charge >= 0.3 is 0 Å². The van der Waals surface area contributed by atoms with Crippen molar-refractivity contribution in [3.8, 4) is 0 Å². The molecule has 1 atom stereocenters. The third-order valence-electron chi connectivity index (χ3n) is 5.30. The molecule has 2 aromatic rings. The van der Waals surface area contributed by atoms with E-state index in [9.17, 15) is 4.79 Å². The van der Waals surface area contributed by atoms with Gasteiger partial charge in [0.05, 0.1) is 11.5 Å². The quantitative estimate of drug-likeness (QED) is 0.883. The molecule has 1 amide bonds. The first-order chi connectivity index (χ1) is 12.2. The number of rotatable bonds is 5. The van der Waals surface area contributed by atoms with Gasteiger partial charge in [0.15, 0.2) is 0 Å². The number of nitrogens with one attached hydrogen (secondary N) is 1. The van der Waals surface area contributed by atoms with Crippen molar-refractivity contribution in [3.05, 3.63) is 71.3 Å². The van der Waals surface area contributed by atoms with Gasteiger partial charge in [-0.05, 0) is 37.3 Å². The first-order valence-corrected chi connectivity index (χ1v) is 9.16. The van der Waals surface area contributed by atoms with E-state index >= 15 is 0 Å². The zero-order valence-corrected chi connectivity index (χ0v) is 15.1. The molecule has 1 aliphatic heterocycles. The van der Waals surface area contributed by atoms with Crippen LogP contribution in [0.3, 0.4) is 0 Å². The van der Waals surface area contributed by atoms with Gasteiger partial charge in [-0.15, -0.1) is 0 Å². The third-order valence-corrected chi connectivity index (χ3v) is 5.30. The molecule has 0 aromatic heterocycles. The number of hydrogen-bond acceptors (Lipinski definition) is 2. The Morgan fingerprint density at radius 2 is 1.72 bits per heavy atom. The highest BCUT2D eigenvalue weighted by Crippen LogP contribution is 2.36. The van der Waals surface area contributed by atoms with Crippen molar-refractivity contribution in [1.29, 1.82) is 0 Å². The molecule has 1 saturated heterocycles. The highest BCUT2D eigenvalue weighted by molar-refractivity contribution is 5.88. The minimum Gasteiger partial charge on any atom is -0.381 e. The third kappa shape index (κ3) is 3.77. The van der Waals surface area contributed by atoms with Gasteiger partial charge in [-0.1, -0.05) is 67.1 Å². The summed E-state index contributed by atoms with van der Waals surface area (Å²) >= 11 is 0. The molecule has 25 heavy (non-hydrogen) atoms. The summed E-state index contributed by atoms with van der Waals surface area (Å²) in [5.74, 6) is 0.120. The summed E-state index contributed by atoms with van der Waals surface area (Å²) in [7, 11) is 0. The highest BCUT2D eigenvalue weighted by atomic mass is 16.5. The molecule has 1 fully saturated rings. The molecule has 3 heteroatoms. The second-order valence-electron chi connectivity index (χ2n) is 6.91. The molecule has 0 radical (unpaired) electrons. The molecule has 2 aromatic carbocycles. The number of amides is 1. The summed E-state index contributed by atoms with van der Waals surface area (Å²) in [5.41, 5.74) is 3.00. The topological polar surface area (TPSA) is 38.3 Å². The molecule has 132 valence electrons. The molecule has 0 unspecified atom stereocenters. The molecular weight excluding hydrogens is 310 g/mol. The van der Waals surface area contributed by atoms with Crippen LogP contribution < -0.4 is 5.32 Å². The van der Waals surface area contributed by atoms with Gasteiger partial charge < -0.3 is 10.1 Å². The molecule has 1 heterocycles. The summed E-state index contributed by atoms with van der Waals surface area (Å²) in [4.78, 5) is 13.4. The first kappa shape index (κ1) is 17.7. The van der Waals surface area contributed by atoms with Crippen LogP contribution in [0.2, 0.25) is 0 Å². The zero-order valence-electron chi connectivity index (χ0n) is 15.1. The lowest BCUT2D eigenvalue weighted by atomic mass is 9.73. The van der Waals surface area contributed by atoms with E-state index < -0.39 is 5.41 Å². The number of benzene rings is 2. The van der Waals surface area contributed by atoms with E-state index in [2.05, 4.69) is 55.6 Å². The number of aryl methyl sites for hydroxylation is 1. The van der Waals surface area contributed by atoms with Crippen LogP contribution in [0, 0.1) is 6.92 Å². The number of carbonyl (C=O) groups excluding carboxylic acids is 1. The maximum absolute atomic E-state index is 13.4. The predicted octanol–water partition coefficient (Wildman–Crippen LogP) is 4.31. The van der Waals surface area contributed by atoms with Crippen molar-refractivity contribution >= 4 is 5.91 Å². The predicted molar refractivity (Wildman–Crippen MR) is 101 cm³/mol. The highest BCUT2D eigenvalue weighted by Gasteiger charge is 2.42. The average Bonchev–Trinajstić information content (AvgIpc) is 2.68. The Balaban J connectivity index is 1.86. The van der Waals surface area contributed by atoms with Crippen molar-refractivity contribution in [2.75, 3.05) is 13.2 Å². The SMILES string of the molecule is CC[C@H](NC(=O)C1(c2ccccc2)CCOCC1)c1ccc(C)cc1. The van der Waals surface area contributed by atoms with Crippen molar-refractivity contribution in [1.82, 2.24) is 5.32 Å². The Kier molecular flexibility index (Phi) is 5.54. The largest absolute Gasteiger partial charge is 0.381 e. The van der Waals surface area contributed by atoms with E-state index in [0.717, 1.165) is 30.4 Å². The maximum atomic E-state index is 13.4. The van der Waals surface area contributed by atoms with Gasteiger partial charge in [0.2, 0.25) is 5.91 Å².